The molecule has 0 aliphatic carbocycles. The van der Waals surface area contributed by atoms with Crippen molar-refractivity contribution < 1.29 is 14.0 Å². The summed E-state index contributed by atoms with van der Waals surface area (Å²) in [5.74, 6) is 2.30. The Labute approximate surface area is 113 Å². The van der Waals surface area contributed by atoms with Crippen molar-refractivity contribution in [2.24, 2.45) is 0 Å². The lowest BCUT2D eigenvalue weighted by molar-refractivity contribution is 0.247. The van der Waals surface area contributed by atoms with Crippen LogP contribution in [-0.4, -0.2) is 12.3 Å². The molecule has 0 aliphatic rings. The Balaban J connectivity index is 1.96. The van der Waals surface area contributed by atoms with Gasteiger partial charge in [-0.05, 0) is 24.3 Å². The molecule has 2 aromatic rings. The van der Waals surface area contributed by atoms with E-state index in [1.165, 1.54) is 0 Å². The van der Waals surface area contributed by atoms with Gasteiger partial charge in [0.05, 0.1) is 12.8 Å². The van der Waals surface area contributed by atoms with E-state index < -0.39 is 0 Å². The number of benzene rings is 1. The summed E-state index contributed by atoms with van der Waals surface area (Å²) in [5.41, 5.74) is 0.919. The van der Waals surface area contributed by atoms with Crippen LogP contribution in [0.25, 0.3) is 0 Å². The minimum Gasteiger partial charge on any atom is -0.497 e. The zero-order valence-corrected chi connectivity index (χ0v) is 11.8. The predicted octanol–water partition coefficient (Wildman–Crippen LogP) is 3.56. The molecule has 1 heterocycles. The quantitative estimate of drug-likeness (QED) is 0.844. The number of nitrogens with zero attached hydrogens (tertiary/aromatic N) is 1. The normalized spacial score (nSPS) is 11.4. The molecule has 1 aromatic carbocycles. The highest BCUT2D eigenvalue weighted by molar-refractivity contribution is 5.31. The smallest absolute Gasteiger partial charge is 0.174 e. The molecule has 0 saturated carbocycles. The molecule has 0 amide bonds. The first kappa shape index (κ1) is 13.5. The maximum Gasteiger partial charge on any atom is 0.174 e. The minimum atomic E-state index is -0.0120. The van der Waals surface area contributed by atoms with Gasteiger partial charge in [0, 0.05) is 11.5 Å². The Bertz CT molecular complexity index is 523. The zero-order valence-electron chi connectivity index (χ0n) is 11.8. The number of methoxy groups -OCH3 is 1. The van der Waals surface area contributed by atoms with Gasteiger partial charge >= 0.3 is 0 Å². The van der Waals surface area contributed by atoms with Crippen molar-refractivity contribution in [1.82, 2.24) is 5.16 Å². The van der Waals surface area contributed by atoms with E-state index in [2.05, 4.69) is 25.9 Å². The molecular weight excluding hydrogens is 242 g/mol. The molecule has 4 nitrogen and oxygen atoms in total. The summed E-state index contributed by atoms with van der Waals surface area (Å²) in [7, 11) is 1.64. The number of hydrogen-bond donors (Lipinski definition) is 0. The van der Waals surface area contributed by atoms with Crippen LogP contribution < -0.4 is 9.47 Å². The van der Waals surface area contributed by atoms with Gasteiger partial charge in [-0.1, -0.05) is 25.9 Å². The Hall–Kier alpha value is -1.97. The van der Waals surface area contributed by atoms with Crippen molar-refractivity contribution in [3.8, 4) is 11.5 Å². The second kappa shape index (κ2) is 5.34. The highest BCUT2D eigenvalue weighted by atomic mass is 16.5. The van der Waals surface area contributed by atoms with Crippen LogP contribution in [0.4, 0.5) is 0 Å². The van der Waals surface area contributed by atoms with Crippen LogP contribution >= 0.6 is 0 Å². The molecule has 0 spiro atoms. The van der Waals surface area contributed by atoms with Gasteiger partial charge in [0.1, 0.15) is 18.1 Å². The molecule has 0 fully saturated rings. The fourth-order valence-corrected chi connectivity index (χ4v) is 1.56. The molecule has 0 bridgehead atoms. The second-order valence-electron chi connectivity index (χ2n) is 5.39. The van der Waals surface area contributed by atoms with Crippen LogP contribution in [0.1, 0.15) is 32.2 Å². The number of hydrogen-bond acceptors (Lipinski definition) is 4. The minimum absolute atomic E-state index is 0.0120. The number of ether oxygens (including phenoxy) is 2. The van der Waals surface area contributed by atoms with Crippen molar-refractivity contribution >= 4 is 0 Å². The average molecular weight is 261 g/mol. The monoisotopic (exact) mass is 261 g/mol. The fourth-order valence-electron chi connectivity index (χ4n) is 1.56. The van der Waals surface area contributed by atoms with Gasteiger partial charge in [-0.2, -0.15) is 0 Å². The lowest BCUT2D eigenvalue weighted by Crippen LogP contribution is -2.11. The molecule has 4 heteroatoms. The third-order valence-electron chi connectivity index (χ3n) is 2.77. The number of aromatic nitrogens is 1. The molecule has 0 unspecified atom stereocenters. The van der Waals surface area contributed by atoms with Crippen LogP contribution in [0, 0.1) is 0 Å². The molecule has 19 heavy (non-hydrogen) atoms. The second-order valence-corrected chi connectivity index (χ2v) is 5.39. The van der Waals surface area contributed by atoms with E-state index in [0.717, 1.165) is 23.0 Å². The molecule has 102 valence electrons. The summed E-state index contributed by atoms with van der Waals surface area (Å²) < 4.78 is 16.0. The van der Waals surface area contributed by atoms with Gasteiger partial charge in [-0.3, -0.25) is 0 Å². The largest absolute Gasteiger partial charge is 0.497 e. The summed E-state index contributed by atoms with van der Waals surface area (Å²) in [4.78, 5) is 0. The maximum atomic E-state index is 5.63. The van der Waals surface area contributed by atoms with Gasteiger partial charge in [0.15, 0.2) is 5.76 Å². The van der Waals surface area contributed by atoms with Crippen LogP contribution in [0.15, 0.2) is 34.9 Å². The molecule has 0 radical (unpaired) electrons. The fraction of sp³-hybridized carbons (Fsp3) is 0.400. The summed E-state index contributed by atoms with van der Waals surface area (Å²) >= 11 is 0. The Morgan fingerprint density at radius 2 is 1.74 bits per heavy atom. The van der Waals surface area contributed by atoms with E-state index in [-0.39, 0.29) is 5.41 Å². The molecule has 0 aliphatic heterocycles. The van der Waals surface area contributed by atoms with Crippen molar-refractivity contribution in [1.29, 1.82) is 0 Å². The Kier molecular flexibility index (Phi) is 3.79. The van der Waals surface area contributed by atoms with E-state index in [1.807, 2.05) is 30.3 Å². The molecule has 0 saturated heterocycles. The third kappa shape index (κ3) is 3.50. The van der Waals surface area contributed by atoms with Crippen molar-refractivity contribution in [2.75, 3.05) is 7.11 Å². The summed E-state index contributed by atoms with van der Waals surface area (Å²) in [5, 5.41) is 4.05. The summed E-state index contributed by atoms with van der Waals surface area (Å²) in [6.45, 7) is 6.66. The van der Waals surface area contributed by atoms with Crippen molar-refractivity contribution in [3.05, 3.63) is 41.8 Å². The van der Waals surface area contributed by atoms with E-state index in [0.29, 0.717) is 6.61 Å². The van der Waals surface area contributed by atoms with Gasteiger partial charge in [-0.15, -0.1) is 0 Å². The van der Waals surface area contributed by atoms with Gasteiger partial charge < -0.3 is 14.0 Å². The predicted molar refractivity (Wildman–Crippen MR) is 72.5 cm³/mol. The van der Waals surface area contributed by atoms with E-state index in [1.54, 1.807) is 7.11 Å². The lowest BCUT2D eigenvalue weighted by Gasteiger charge is -2.12. The van der Waals surface area contributed by atoms with Crippen molar-refractivity contribution in [2.45, 2.75) is 32.8 Å². The van der Waals surface area contributed by atoms with Gasteiger partial charge in [-0.25, -0.2) is 0 Å². The molecule has 2 rings (SSSR count). The Morgan fingerprint density at radius 1 is 1.11 bits per heavy atom. The average Bonchev–Trinajstić information content (AvgIpc) is 2.86. The topological polar surface area (TPSA) is 44.5 Å². The van der Waals surface area contributed by atoms with Crippen LogP contribution in [0.2, 0.25) is 0 Å². The lowest BCUT2D eigenvalue weighted by atomic mass is 9.92. The SMILES string of the molecule is COc1ccc(OCc2cc(C(C)(C)C)no2)cc1. The first-order valence-electron chi connectivity index (χ1n) is 6.22. The van der Waals surface area contributed by atoms with E-state index in [4.69, 9.17) is 14.0 Å². The zero-order chi connectivity index (χ0) is 13.9. The third-order valence-corrected chi connectivity index (χ3v) is 2.77. The molecular formula is C15H19NO3. The van der Waals surface area contributed by atoms with E-state index in [9.17, 15) is 0 Å². The highest BCUT2D eigenvalue weighted by Gasteiger charge is 2.18. The first-order valence-corrected chi connectivity index (χ1v) is 6.22. The summed E-state index contributed by atoms with van der Waals surface area (Å²) in [6.07, 6.45) is 0. The van der Waals surface area contributed by atoms with Gasteiger partial charge in [0.25, 0.3) is 0 Å². The first-order chi connectivity index (χ1) is 8.99. The summed E-state index contributed by atoms with van der Waals surface area (Å²) in [6, 6.07) is 9.37. The van der Waals surface area contributed by atoms with Crippen LogP contribution in [0.3, 0.4) is 0 Å². The van der Waals surface area contributed by atoms with Crippen LogP contribution in [0.5, 0.6) is 11.5 Å². The molecule has 1 aromatic heterocycles. The van der Waals surface area contributed by atoms with Crippen LogP contribution in [-0.2, 0) is 12.0 Å². The molecule has 0 N–H and O–H groups in total. The van der Waals surface area contributed by atoms with Gasteiger partial charge in [0.2, 0.25) is 0 Å². The highest BCUT2D eigenvalue weighted by Crippen LogP contribution is 2.23. The van der Waals surface area contributed by atoms with E-state index >= 15 is 0 Å². The standard InChI is InChI=1S/C15H19NO3/c1-15(2,3)14-9-13(19-16-14)10-18-12-7-5-11(17-4)6-8-12/h5-9H,10H2,1-4H3. The number of rotatable bonds is 4. The maximum absolute atomic E-state index is 5.63. The molecule has 0 atom stereocenters. The Morgan fingerprint density at radius 3 is 2.26 bits per heavy atom. The van der Waals surface area contributed by atoms with Crippen molar-refractivity contribution in [3.63, 3.8) is 0 Å².